The van der Waals surface area contributed by atoms with E-state index in [1.807, 2.05) is 0 Å². The Kier molecular flexibility index (Phi) is 10.6. The Morgan fingerprint density at radius 3 is 2.15 bits per heavy atom. The van der Waals surface area contributed by atoms with E-state index in [0.717, 1.165) is 45.3 Å². The lowest BCUT2D eigenvalue weighted by atomic mass is 10.1. The van der Waals surface area contributed by atoms with Gasteiger partial charge in [-0.2, -0.15) is 0 Å². The Morgan fingerprint density at radius 2 is 1.45 bits per heavy atom. The van der Waals surface area contributed by atoms with Crippen molar-refractivity contribution in [3.63, 3.8) is 0 Å². The van der Waals surface area contributed by atoms with E-state index in [2.05, 4.69) is 35.1 Å². The molecule has 0 aliphatic rings. The van der Waals surface area contributed by atoms with Crippen LogP contribution in [0.25, 0.3) is 0 Å². The van der Waals surface area contributed by atoms with Crippen molar-refractivity contribution in [3.05, 3.63) is 35.9 Å². The summed E-state index contributed by atoms with van der Waals surface area (Å²) >= 11 is 0. The van der Waals surface area contributed by atoms with Crippen molar-refractivity contribution in [1.82, 2.24) is 0 Å². The second kappa shape index (κ2) is 12.7. The molecule has 0 bridgehead atoms. The van der Waals surface area contributed by atoms with Gasteiger partial charge in [0.15, 0.2) is 0 Å². The van der Waals surface area contributed by atoms with Crippen LogP contribution >= 0.6 is 0 Å². The van der Waals surface area contributed by atoms with Crippen LogP contribution in [0.15, 0.2) is 30.3 Å². The average molecular weight is 278 g/mol. The Labute approximate surface area is 122 Å². The summed E-state index contributed by atoms with van der Waals surface area (Å²) in [6.45, 7) is 2.72. The topological polar surface area (TPSA) is 35.5 Å². The summed E-state index contributed by atoms with van der Waals surface area (Å²) in [4.78, 5) is 9.91. The molecule has 1 aromatic rings. The minimum atomic E-state index is 0.506. The summed E-state index contributed by atoms with van der Waals surface area (Å²) in [6.07, 6.45) is 7.80. The molecule has 0 amide bonds. The summed E-state index contributed by atoms with van der Waals surface area (Å²) in [5, 5.41) is 0. The quantitative estimate of drug-likeness (QED) is 0.407. The first-order chi connectivity index (χ1) is 9.93. The fourth-order valence-corrected chi connectivity index (χ4v) is 2.07. The Morgan fingerprint density at radius 1 is 0.800 bits per heavy atom. The maximum absolute atomic E-state index is 9.91. The molecule has 0 spiro atoms. The number of rotatable bonds is 13. The van der Waals surface area contributed by atoms with Gasteiger partial charge in [-0.3, -0.25) is 4.79 Å². The van der Waals surface area contributed by atoms with Gasteiger partial charge in [-0.1, -0.05) is 36.8 Å². The zero-order chi connectivity index (χ0) is 14.3. The summed E-state index contributed by atoms with van der Waals surface area (Å²) in [7, 11) is 0. The van der Waals surface area contributed by atoms with Gasteiger partial charge >= 0.3 is 0 Å². The summed E-state index contributed by atoms with van der Waals surface area (Å²) < 4.78 is 10.2. The molecule has 0 aliphatic heterocycles. The van der Waals surface area contributed by atoms with Gasteiger partial charge in [0.2, 0.25) is 0 Å². The van der Waals surface area contributed by atoms with E-state index in [-0.39, 0.29) is 0 Å². The van der Waals surface area contributed by atoms with Crippen LogP contribution < -0.4 is 0 Å². The number of unbranched alkanes of at least 4 members (excludes halogenated alkanes) is 4. The van der Waals surface area contributed by atoms with Gasteiger partial charge in [0.1, 0.15) is 0 Å². The SMILES string of the molecule is O=COCCCCCOCCCCCc1ccccc1. The zero-order valence-corrected chi connectivity index (χ0v) is 12.3. The molecule has 0 N–H and O–H groups in total. The smallest absolute Gasteiger partial charge is 0.293 e. The van der Waals surface area contributed by atoms with Crippen LogP contribution in [0.1, 0.15) is 44.1 Å². The number of carbonyl (C=O) groups excluding carboxylic acids is 1. The van der Waals surface area contributed by atoms with Crippen molar-refractivity contribution in [1.29, 1.82) is 0 Å². The number of carbonyl (C=O) groups is 1. The van der Waals surface area contributed by atoms with Crippen molar-refractivity contribution in [3.8, 4) is 0 Å². The summed E-state index contributed by atoms with van der Waals surface area (Å²) in [5.41, 5.74) is 1.42. The van der Waals surface area contributed by atoms with Crippen molar-refractivity contribution in [2.45, 2.75) is 44.9 Å². The number of hydrogen-bond donors (Lipinski definition) is 0. The molecule has 0 saturated heterocycles. The van der Waals surface area contributed by atoms with Gasteiger partial charge in [-0.05, 0) is 44.1 Å². The molecule has 112 valence electrons. The second-order valence-corrected chi connectivity index (χ2v) is 4.94. The van der Waals surface area contributed by atoms with Crippen LogP contribution in [0.2, 0.25) is 0 Å². The first kappa shape index (κ1) is 16.7. The maximum atomic E-state index is 9.91. The predicted octanol–water partition coefficient (Wildman–Crippen LogP) is 3.76. The highest BCUT2D eigenvalue weighted by molar-refractivity contribution is 5.36. The van der Waals surface area contributed by atoms with E-state index in [9.17, 15) is 4.79 Å². The molecule has 0 saturated carbocycles. The Bertz CT molecular complexity index is 324. The summed E-state index contributed by atoms with van der Waals surface area (Å²) in [6, 6.07) is 10.6. The summed E-state index contributed by atoms with van der Waals surface area (Å²) in [5.74, 6) is 0. The minimum Gasteiger partial charge on any atom is -0.468 e. The molecule has 0 heterocycles. The maximum Gasteiger partial charge on any atom is 0.293 e. The first-order valence-corrected chi connectivity index (χ1v) is 7.60. The fourth-order valence-electron chi connectivity index (χ4n) is 2.07. The van der Waals surface area contributed by atoms with Crippen LogP contribution in [-0.2, 0) is 20.7 Å². The molecule has 3 nitrogen and oxygen atoms in total. The lowest BCUT2D eigenvalue weighted by Crippen LogP contribution is -1.99. The van der Waals surface area contributed by atoms with Crippen LogP contribution in [0.3, 0.4) is 0 Å². The molecule has 0 fully saturated rings. The van der Waals surface area contributed by atoms with Crippen molar-refractivity contribution < 1.29 is 14.3 Å². The molecule has 3 heteroatoms. The molecule has 0 aromatic heterocycles. The van der Waals surface area contributed by atoms with Crippen molar-refractivity contribution >= 4 is 6.47 Å². The van der Waals surface area contributed by atoms with Crippen LogP contribution in [0, 0.1) is 0 Å². The monoisotopic (exact) mass is 278 g/mol. The van der Waals surface area contributed by atoms with Gasteiger partial charge in [0.25, 0.3) is 6.47 Å². The number of ether oxygens (including phenoxy) is 2. The first-order valence-electron chi connectivity index (χ1n) is 7.60. The zero-order valence-electron chi connectivity index (χ0n) is 12.3. The highest BCUT2D eigenvalue weighted by Crippen LogP contribution is 2.06. The molecule has 0 unspecified atom stereocenters. The lowest BCUT2D eigenvalue weighted by molar-refractivity contribution is -0.128. The van der Waals surface area contributed by atoms with Crippen molar-refractivity contribution in [2.75, 3.05) is 19.8 Å². The van der Waals surface area contributed by atoms with E-state index in [1.165, 1.54) is 18.4 Å². The molecular formula is C17H26O3. The van der Waals surface area contributed by atoms with Gasteiger partial charge in [-0.25, -0.2) is 0 Å². The predicted molar refractivity (Wildman–Crippen MR) is 80.7 cm³/mol. The molecule has 1 aromatic carbocycles. The Hall–Kier alpha value is -1.35. The van der Waals surface area contributed by atoms with E-state index >= 15 is 0 Å². The van der Waals surface area contributed by atoms with E-state index in [4.69, 9.17) is 4.74 Å². The molecule has 20 heavy (non-hydrogen) atoms. The van der Waals surface area contributed by atoms with Gasteiger partial charge in [0.05, 0.1) is 6.61 Å². The second-order valence-electron chi connectivity index (χ2n) is 4.94. The average Bonchev–Trinajstić information content (AvgIpc) is 2.49. The Balaban J connectivity index is 1.78. The van der Waals surface area contributed by atoms with Crippen LogP contribution in [0.4, 0.5) is 0 Å². The third-order valence-corrected chi connectivity index (χ3v) is 3.22. The highest BCUT2D eigenvalue weighted by atomic mass is 16.5. The molecule has 0 radical (unpaired) electrons. The standard InChI is InChI=1S/C17H26O3/c18-16-20-15-9-3-8-14-19-13-7-2-6-12-17-10-4-1-5-11-17/h1,4-5,10-11,16H,2-3,6-9,12-15H2. The minimum absolute atomic E-state index is 0.506. The van der Waals surface area contributed by atoms with Crippen LogP contribution in [0.5, 0.6) is 0 Å². The third kappa shape index (κ3) is 9.56. The van der Waals surface area contributed by atoms with Gasteiger partial charge in [-0.15, -0.1) is 0 Å². The van der Waals surface area contributed by atoms with Gasteiger partial charge in [0, 0.05) is 13.2 Å². The van der Waals surface area contributed by atoms with E-state index in [0.29, 0.717) is 13.1 Å². The number of hydrogen-bond acceptors (Lipinski definition) is 3. The number of aryl methyl sites for hydroxylation is 1. The normalized spacial score (nSPS) is 10.4. The molecule has 0 aliphatic carbocycles. The van der Waals surface area contributed by atoms with E-state index < -0.39 is 0 Å². The molecule has 1 rings (SSSR count). The van der Waals surface area contributed by atoms with Crippen LogP contribution in [-0.4, -0.2) is 26.3 Å². The fraction of sp³-hybridized carbons (Fsp3) is 0.588. The van der Waals surface area contributed by atoms with Gasteiger partial charge < -0.3 is 9.47 Å². The highest BCUT2D eigenvalue weighted by Gasteiger charge is 1.94. The van der Waals surface area contributed by atoms with Crippen molar-refractivity contribution in [2.24, 2.45) is 0 Å². The molecule has 0 atom stereocenters. The largest absolute Gasteiger partial charge is 0.468 e. The lowest BCUT2D eigenvalue weighted by Gasteiger charge is -2.04. The number of benzene rings is 1. The third-order valence-electron chi connectivity index (χ3n) is 3.22. The molecular weight excluding hydrogens is 252 g/mol. The van der Waals surface area contributed by atoms with E-state index in [1.54, 1.807) is 0 Å².